The van der Waals surface area contributed by atoms with E-state index in [9.17, 15) is 13.6 Å². The maximum Gasteiger partial charge on any atom is 0.407 e. The average Bonchev–Trinajstić information content (AvgIpc) is 2.35. The maximum atomic E-state index is 13.1. The lowest BCUT2D eigenvalue weighted by molar-refractivity contribution is 0.0528. The van der Waals surface area contributed by atoms with Crippen LogP contribution in [0.3, 0.4) is 0 Å². The summed E-state index contributed by atoms with van der Waals surface area (Å²) in [4.78, 5) is 11.4. The lowest BCUT2D eigenvalue weighted by atomic mass is 10.1. The number of rotatable bonds is 5. The Bertz CT molecular complexity index is 487. The average molecular weight is 300 g/mol. The fraction of sp³-hybridized carbons (Fsp3) is 0.533. The molecule has 0 aliphatic carbocycles. The number of amides is 1. The minimum Gasteiger partial charge on any atom is -0.444 e. The number of hydrogen-bond acceptors (Lipinski definition) is 3. The van der Waals surface area contributed by atoms with Crippen LogP contribution in [0, 0.1) is 11.6 Å². The van der Waals surface area contributed by atoms with Crippen molar-refractivity contribution in [3.63, 3.8) is 0 Å². The number of carbonyl (C=O) groups is 1. The zero-order valence-corrected chi connectivity index (χ0v) is 12.8. The van der Waals surface area contributed by atoms with Gasteiger partial charge in [-0.15, -0.1) is 0 Å². The Labute approximate surface area is 123 Å². The van der Waals surface area contributed by atoms with E-state index >= 15 is 0 Å². The highest BCUT2D eigenvalue weighted by Crippen LogP contribution is 2.15. The van der Waals surface area contributed by atoms with E-state index in [1.165, 1.54) is 6.07 Å². The van der Waals surface area contributed by atoms with Gasteiger partial charge < -0.3 is 15.4 Å². The summed E-state index contributed by atoms with van der Waals surface area (Å²) in [6.45, 7) is 8.06. The highest BCUT2D eigenvalue weighted by atomic mass is 19.2. The van der Waals surface area contributed by atoms with E-state index in [0.29, 0.717) is 18.7 Å². The molecule has 0 aromatic heterocycles. The van der Waals surface area contributed by atoms with Gasteiger partial charge in [-0.1, -0.05) is 6.07 Å². The number of halogens is 2. The topological polar surface area (TPSA) is 50.4 Å². The standard InChI is InChI=1S/C15H22F2N2O2/c1-10(11-5-6-12(16)13(17)9-11)18-7-8-19-14(20)21-15(2,3)4/h5-6,9-10,18H,7-8H2,1-4H3,(H,19,20)/t10-/m0/s1. The van der Waals surface area contributed by atoms with Crippen molar-refractivity contribution in [3.8, 4) is 0 Å². The first-order valence-corrected chi connectivity index (χ1v) is 6.84. The van der Waals surface area contributed by atoms with Gasteiger partial charge in [0.15, 0.2) is 11.6 Å². The molecule has 4 nitrogen and oxygen atoms in total. The minimum atomic E-state index is -0.868. The molecule has 6 heteroatoms. The minimum absolute atomic E-state index is 0.152. The third-order valence-corrected chi connectivity index (χ3v) is 2.69. The van der Waals surface area contributed by atoms with E-state index in [2.05, 4.69) is 10.6 Å². The Hall–Kier alpha value is -1.69. The first kappa shape index (κ1) is 17.4. The molecule has 1 amide bonds. The fourth-order valence-electron chi connectivity index (χ4n) is 1.67. The van der Waals surface area contributed by atoms with E-state index in [0.717, 1.165) is 12.1 Å². The molecule has 0 saturated heterocycles. The summed E-state index contributed by atoms with van der Waals surface area (Å²) in [5, 5.41) is 5.71. The monoisotopic (exact) mass is 300 g/mol. The molecule has 0 bridgehead atoms. The van der Waals surface area contributed by atoms with Crippen molar-refractivity contribution in [1.82, 2.24) is 10.6 Å². The first-order valence-electron chi connectivity index (χ1n) is 6.84. The van der Waals surface area contributed by atoms with Crippen molar-refractivity contribution in [2.75, 3.05) is 13.1 Å². The van der Waals surface area contributed by atoms with Crippen LogP contribution in [-0.2, 0) is 4.74 Å². The van der Waals surface area contributed by atoms with Crippen LogP contribution in [0.25, 0.3) is 0 Å². The van der Waals surface area contributed by atoms with Gasteiger partial charge in [0.1, 0.15) is 5.60 Å². The second-order valence-corrected chi connectivity index (χ2v) is 5.78. The normalized spacial score (nSPS) is 12.9. The second-order valence-electron chi connectivity index (χ2n) is 5.78. The molecule has 1 aromatic carbocycles. The maximum absolute atomic E-state index is 13.1. The van der Waals surface area contributed by atoms with E-state index in [-0.39, 0.29) is 6.04 Å². The molecule has 0 radical (unpaired) electrons. The lowest BCUT2D eigenvalue weighted by Crippen LogP contribution is -2.36. The third-order valence-electron chi connectivity index (χ3n) is 2.69. The van der Waals surface area contributed by atoms with Crippen LogP contribution >= 0.6 is 0 Å². The van der Waals surface area contributed by atoms with Gasteiger partial charge in [0.25, 0.3) is 0 Å². The molecule has 1 rings (SSSR count). The Morgan fingerprint density at radius 3 is 2.48 bits per heavy atom. The molecule has 1 atom stereocenters. The van der Waals surface area contributed by atoms with Crippen LogP contribution in [0.15, 0.2) is 18.2 Å². The highest BCUT2D eigenvalue weighted by molar-refractivity contribution is 5.67. The smallest absolute Gasteiger partial charge is 0.407 e. The summed E-state index contributed by atoms with van der Waals surface area (Å²) in [7, 11) is 0. The Kier molecular flexibility index (Phi) is 6.08. The predicted octanol–water partition coefficient (Wildman–Crippen LogP) is 3.14. The number of carbonyl (C=O) groups excluding carboxylic acids is 1. The summed E-state index contributed by atoms with van der Waals surface area (Å²) in [5.74, 6) is -1.73. The number of hydrogen-bond donors (Lipinski definition) is 2. The van der Waals surface area contributed by atoms with Crippen LogP contribution in [-0.4, -0.2) is 24.8 Å². The molecule has 0 heterocycles. The molecule has 21 heavy (non-hydrogen) atoms. The largest absolute Gasteiger partial charge is 0.444 e. The second kappa shape index (κ2) is 7.36. The fourth-order valence-corrected chi connectivity index (χ4v) is 1.67. The molecule has 0 fully saturated rings. The van der Waals surface area contributed by atoms with Gasteiger partial charge in [-0.05, 0) is 45.4 Å². The summed E-state index contributed by atoms with van der Waals surface area (Å²) in [6, 6.07) is 3.63. The van der Waals surface area contributed by atoms with Crippen LogP contribution in [0.2, 0.25) is 0 Å². The molecule has 118 valence electrons. The van der Waals surface area contributed by atoms with Crippen molar-refractivity contribution in [2.45, 2.75) is 39.3 Å². The van der Waals surface area contributed by atoms with Gasteiger partial charge in [-0.25, -0.2) is 13.6 Å². The molecule has 0 aliphatic heterocycles. The number of alkyl carbamates (subject to hydrolysis) is 1. The molecule has 1 aromatic rings. The van der Waals surface area contributed by atoms with Gasteiger partial charge in [-0.3, -0.25) is 0 Å². The van der Waals surface area contributed by atoms with Crippen molar-refractivity contribution in [1.29, 1.82) is 0 Å². The van der Waals surface area contributed by atoms with Crippen LogP contribution in [0.5, 0.6) is 0 Å². The van der Waals surface area contributed by atoms with Crippen molar-refractivity contribution in [2.24, 2.45) is 0 Å². The molecular formula is C15H22F2N2O2. The molecule has 0 unspecified atom stereocenters. The number of nitrogens with one attached hydrogen (secondary N) is 2. The quantitative estimate of drug-likeness (QED) is 0.821. The Morgan fingerprint density at radius 2 is 1.90 bits per heavy atom. The molecule has 0 spiro atoms. The number of ether oxygens (including phenoxy) is 1. The zero-order chi connectivity index (χ0) is 16.0. The summed E-state index contributed by atoms with van der Waals surface area (Å²) in [6.07, 6.45) is -0.482. The molecule has 0 aliphatic rings. The highest BCUT2D eigenvalue weighted by Gasteiger charge is 2.15. The predicted molar refractivity (Wildman–Crippen MR) is 77.0 cm³/mol. The molecule has 0 saturated carbocycles. The summed E-state index contributed by atoms with van der Waals surface area (Å²) < 4.78 is 31.0. The van der Waals surface area contributed by atoms with Crippen LogP contribution in [0.1, 0.15) is 39.3 Å². The van der Waals surface area contributed by atoms with Crippen molar-refractivity contribution >= 4 is 6.09 Å². The van der Waals surface area contributed by atoms with Gasteiger partial charge in [0, 0.05) is 19.1 Å². The molecule has 2 N–H and O–H groups in total. The number of benzene rings is 1. The van der Waals surface area contributed by atoms with E-state index in [1.807, 2.05) is 6.92 Å². The van der Waals surface area contributed by atoms with Crippen molar-refractivity contribution in [3.05, 3.63) is 35.4 Å². The lowest BCUT2D eigenvalue weighted by Gasteiger charge is -2.20. The van der Waals surface area contributed by atoms with Crippen LogP contribution in [0.4, 0.5) is 13.6 Å². The zero-order valence-electron chi connectivity index (χ0n) is 12.8. The first-order chi connectivity index (χ1) is 9.69. The SMILES string of the molecule is C[C@H](NCCNC(=O)OC(C)(C)C)c1ccc(F)c(F)c1. The van der Waals surface area contributed by atoms with E-state index in [1.54, 1.807) is 20.8 Å². The van der Waals surface area contributed by atoms with Gasteiger partial charge in [0.05, 0.1) is 0 Å². The third kappa shape index (κ3) is 6.53. The summed E-state index contributed by atoms with van der Waals surface area (Å²) >= 11 is 0. The van der Waals surface area contributed by atoms with Crippen molar-refractivity contribution < 1.29 is 18.3 Å². The Balaban J connectivity index is 2.32. The van der Waals surface area contributed by atoms with Crippen LogP contribution < -0.4 is 10.6 Å². The van der Waals surface area contributed by atoms with E-state index in [4.69, 9.17) is 4.74 Å². The van der Waals surface area contributed by atoms with Gasteiger partial charge >= 0.3 is 6.09 Å². The Morgan fingerprint density at radius 1 is 1.24 bits per heavy atom. The molecular weight excluding hydrogens is 278 g/mol. The van der Waals surface area contributed by atoms with Gasteiger partial charge in [0.2, 0.25) is 0 Å². The summed E-state index contributed by atoms with van der Waals surface area (Å²) in [5.41, 5.74) is 0.113. The van der Waals surface area contributed by atoms with E-state index < -0.39 is 23.3 Å². The van der Waals surface area contributed by atoms with Gasteiger partial charge in [-0.2, -0.15) is 0 Å².